The Hall–Kier alpha value is -1.31. The molecule has 1 aromatic rings. The number of alkyl halides is 3. The standard InChI is InChI=1S/C20H33F3N4O3.HI/c1-4-24-19(25-10-12-27(2)11-5-13-29-3)26-14-17(28)15-30-18-8-6-16(7-9-18)20(21,22)23;/h6-9,17,28H,4-5,10-15H2,1-3H3,(H2,24,25,26);1H. The van der Waals surface area contributed by atoms with Crippen LogP contribution >= 0.6 is 24.0 Å². The highest BCUT2D eigenvalue weighted by Crippen LogP contribution is 2.30. The molecule has 31 heavy (non-hydrogen) atoms. The second kappa shape index (κ2) is 16.3. The van der Waals surface area contributed by atoms with E-state index in [2.05, 4.69) is 20.5 Å². The average molecular weight is 562 g/mol. The van der Waals surface area contributed by atoms with Crippen molar-refractivity contribution in [2.75, 3.05) is 60.1 Å². The van der Waals surface area contributed by atoms with Gasteiger partial charge in [-0.3, -0.25) is 4.99 Å². The van der Waals surface area contributed by atoms with Crippen LogP contribution in [0.2, 0.25) is 0 Å². The largest absolute Gasteiger partial charge is 0.491 e. The molecule has 180 valence electrons. The molecule has 0 radical (unpaired) electrons. The van der Waals surface area contributed by atoms with E-state index in [0.29, 0.717) is 19.0 Å². The lowest BCUT2D eigenvalue weighted by Gasteiger charge is -2.18. The fourth-order valence-electron chi connectivity index (χ4n) is 2.48. The molecule has 0 saturated heterocycles. The van der Waals surface area contributed by atoms with Gasteiger partial charge in [0.05, 0.1) is 12.1 Å². The Morgan fingerprint density at radius 1 is 1.19 bits per heavy atom. The molecule has 0 heterocycles. The van der Waals surface area contributed by atoms with Crippen molar-refractivity contribution in [1.29, 1.82) is 0 Å². The van der Waals surface area contributed by atoms with Crippen LogP contribution in [0, 0.1) is 0 Å². The Kier molecular flexibility index (Phi) is 15.7. The summed E-state index contributed by atoms with van der Waals surface area (Å²) in [6, 6.07) is 4.35. The highest BCUT2D eigenvalue weighted by Gasteiger charge is 2.30. The van der Waals surface area contributed by atoms with Gasteiger partial charge in [-0.05, 0) is 44.7 Å². The number of benzene rings is 1. The third-order valence-electron chi connectivity index (χ3n) is 4.10. The van der Waals surface area contributed by atoms with Crippen molar-refractivity contribution in [2.45, 2.75) is 25.6 Å². The first-order chi connectivity index (χ1) is 14.3. The number of aliphatic hydroxyl groups is 1. The lowest BCUT2D eigenvalue weighted by molar-refractivity contribution is -0.137. The fraction of sp³-hybridized carbons (Fsp3) is 0.650. The first-order valence-electron chi connectivity index (χ1n) is 9.94. The quantitative estimate of drug-likeness (QED) is 0.149. The molecule has 0 aromatic heterocycles. The number of guanidine groups is 1. The van der Waals surface area contributed by atoms with E-state index in [4.69, 9.17) is 9.47 Å². The van der Waals surface area contributed by atoms with Crippen molar-refractivity contribution < 1.29 is 27.8 Å². The van der Waals surface area contributed by atoms with Crippen LogP contribution in [0.15, 0.2) is 29.3 Å². The van der Waals surface area contributed by atoms with Crippen molar-refractivity contribution >= 4 is 29.9 Å². The van der Waals surface area contributed by atoms with Gasteiger partial charge in [0.25, 0.3) is 0 Å². The number of hydrogen-bond donors (Lipinski definition) is 3. The van der Waals surface area contributed by atoms with Crippen molar-refractivity contribution in [1.82, 2.24) is 15.5 Å². The van der Waals surface area contributed by atoms with Crippen molar-refractivity contribution in [2.24, 2.45) is 4.99 Å². The summed E-state index contributed by atoms with van der Waals surface area (Å²) in [4.78, 5) is 6.50. The minimum Gasteiger partial charge on any atom is -0.491 e. The third kappa shape index (κ3) is 13.7. The molecule has 0 fully saturated rings. The van der Waals surface area contributed by atoms with E-state index < -0.39 is 17.8 Å². The van der Waals surface area contributed by atoms with Crippen LogP contribution in [0.4, 0.5) is 13.2 Å². The molecule has 1 aromatic carbocycles. The minimum absolute atomic E-state index is 0. The number of ether oxygens (including phenoxy) is 2. The Morgan fingerprint density at radius 3 is 2.45 bits per heavy atom. The maximum atomic E-state index is 12.6. The number of nitrogens with one attached hydrogen (secondary N) is 2. The Labute approximate surface area is 199 Å². The molecule has 1 rings (SSSR count). The lowest BCUT2D eigenvalue weighted by atomic mass is 10.2. The van der Waals surface area contributed by atoms with Crippen LogP contribution in [0.25, 0.3) is 0 Å². The summed E-state index contributed by atoms with van der Waals surface area (Å²) in [7, 11) is 3.72. The average Bonchev–Trinajstić information content (AvgIpc) is 2.70. The number of hydrogen-bond acceptors (Lipinski definition) is 5. The van der Waals surface area contributed by atoms with Crippen LogP contribution in [-0.2, 0) is 10.9 Å². The first-order valence-corrected chi connectivity index (χ1v) is 9.94. The molecular formula is C20H34F3IN4O3. The number of likely N-dealkylation sites (N-methyl/N-ethyl adjacent to an activating group) is 1. The Bertz CT molecular complexity index is 619. The molecule has 0 saturated carbocycles. The van der Waals surface area contributed by atoms with Crippen molar-refractivity contribution in [3.05, 3.63) is 29.8 Å². The van der Waals surface area contributed by atoms with Crippen molar-refractivity contribution in [3.63, 3.8) is 0 Å². The third-order valence-corrected chi connectivity index (χ3v) is 4.10. The Morgan fingerprint density at radius 2 is 1.87 bits per heavy atom. The molecule has 0 amide bonds. The summed E-state index contributed by atoms with van der Waals surface area (Å²) in [5.74, 6) is 0.837. The van der Waals surface area contributed by atoms with Gasteiger partial charge in [-0.25, -0.2) is 0 Å². The van der Waals surface area contributed by atoms with E-state index >= 15 is 0 Å². The molecule has 0 aliphatic rings. The second-order valence-electron chi connectivity index (χ2n) is 6.78. The van der Waals surface area contributed by atoms with E-state index in [1.807, 2.05) is 14.0 Å². The molecule has 0 aliphatic heterocycles. The number of nitrogens with zero attached hydrogens (tertiary/aromatic N) is 2. The van der Waals surface area contributed by atoms with Crippen LogP contribution in [0.5, 0.6) is 5.75 Å². The number of methoxy groups -OCH3 is 1. The van der Waals surface area contributed by atoms with Gasteiger partial charge in [0.2, 0.25) is 0 Å². The van der Waals surface area contributed by atoms with Gasteiger partial charge in [-0.15, -0.1) is 24.0 Å². The summed E-state index contributed by atoms with van der Waals surface area (Å²) in [5.41, 5.74) is -0.745. The summed E-state index contributed by atoms with van der Waals surface area (Å²) in [6.45, 7) is 5.82. The second-order valence-corrected chi connectivity index (χ2v) is 6.78. The molecule has 0 aliphatic carbocycles. The predicted octanol–water partition coefficient (Wildman–Crippen LogP) is 2.59. The maximum Gasteiger partial charge on any atom is 0.416 e. The highest BCUT2D eigenvalue weighted by molar-refractivity contribution is 14.0. The molecule has 7 nitrogen and oxygen atoms in total. The number of halogens is 4. The topological polar surface area (TPSA) is 78.4 Å². The van der Waals surface area contributed by atoms with Crippen molar-refractivity contribution in [3.8, 4) is 5.75 Å². The van der Waals surface area contributed by atoms with Crippen LogP contribution in [0.3, 0.4) is 0 Å². The van der Waals surface area contributed by atoms with Crippen LogP contribution in [-0.4, -0.2) is 82.2 Å². The van der Waals surface area contributed by atoms with Crippen LogP contribution in [0.1, 0.15) is 18.9 Å². The van der Waals surface area contributed by atoms with Gasteiger partial charge >= 0.3 is 6.18 Å². The molecule has 1 unspecified atom stereocenters. The zero-order valence-corrected chi connectivity index (χ0v) is 20.6. The van der Waals surface area contributed by atoms with E-state index in [9.17, 15) is 18.3 Å². The molecule has 11 heteroatoms. The number of rotatable bonds is 13. The number of aliphatic hydroxyl groups excluding tert-OH is 1. The molecule has 1 atom stereocenters. The van der Waals surface area contributed by atoms with E-state index in [1.165, 1.54) is 12.1 Å². The van der Waals surface area contributed by atoms with Gasteiger partial charge in [0.1, 0.15) is 18.5 Å². The predicted molar refractivity (Wildman–Crippen MR) is 126 cm³/mol. The van der Waals surface area contributed by atoms with Gasteiger partial charge in [0.15, 0.2) is 5.96 Å². The SMILES string of the molecule is CCNC(=NCC(O)COc1ccc(C(F)(F)F)cc1)NCCN(C)CCCOC.I. The molecular weight excluding hydrogens is 528 g/mol. The summed E-state index contributed by atoms with van der Waals surface area (Å²) in [6.07, 6.45) is -4.31. The summed E-state index contributed by atoms with van der Waals surface area (Å²) in [5, 5.41) is 16.4. The molecule has 3 N–H and O–H groups in total. The highest BCUT2D eigenvalue weighted by atomic mass is 127. The lowest BCUT2D eigenvalue weighted by Crippen LogP contribution is -2.41. The Balaban J connectivity index is 0.00000900. The monoisotopic (exact) mass is 562 g/mol. The maximum absolute atomic E-state index is 12.6. The zero-order valence-electron chi connectivity index (χ0n) is 18.2. The zero-order chi connectivity index (χ0) is 22.4. The van der Waals surface area contributed by atoms with E-state index in [-0.39, 0.29) is 42.9 Å². The molecule has 0 bridgehead atoms. The first kappa shape index (κ1) is 29.7. The summed E-state index contributed by atoms with van der Waals surface area (Å²) < 4.78 is 48.1. The smallest absolute Gasteiger partial charge is 0.416 e. The van der Waals surface area contributed by atoms with E-state index in [0.717, 1.165) is 38.2 Å². The number of aliphatic imine (C=N–C) groups is 1. The van der Waals surface area contributed by atoms with Crippen LogP contribution < -0.4 is 15.4 Å². The van der Waals surface area contributed by atoms with Gasteiger partial charge in [-0.2, -0.15) is 13.2 Å². The summed E-state index contributed by atoms with van der Waals surface area (Å²) >= 11 is 0. The minimum atomic E-state index is -4.39. The van der Waals surface area contributed by atoms with Gasteiger partial charge < -0.3 is 30.1 Å². The van der Waals surface area contributed by atoms with Gasteiger partial charge in [-0.1, -0.05) is 0 Å². The molecule has 0 spiro atoms. The van der Waals surface area contributed by atoms with E-state index in [1.54, 1.807) is 7.11 Å². The van der Waals surface area contributed by atoms with Gasteiger partial charge in [0, 0.05) is 39.9 Å². The fourth-order valence-corrected chi connectivity index (χ4v) is 2.48. The normalized spacial score (nSPS) is 13.0.